The number of aliphatic hydroxyl groups is 1. The predicted molar refractivity (Wildman–Crippen MR) is 76.0 cm³/mol. The molecule has 1 unspecified atom stereocenters. The van der Waals surface area contributed by atoms with Crippen molar-refractivity contribution in [1.82, 2.24) is 4.90 Å². The molecule has 1 aromatic rings. The first-order valence-corrected chi connectivity index (χ1v) is 8.33. The van der Waals surface area contributed by atoms with Crippen molar-refractivity contribution in [2.75, 3.05) is 30.4 Å². The Hall–Kier alpha value is -1.67. The van der Waals surface area contributed by atoms with E-state index in [0.29, 0.717) is 0 Å². The number of nitrogen functional groups attached to an aromatic ring is 1. The molecule has 0 aromatic heterocycles. The molecule has 0 radical (unpaired) electrons. The van der Waals surface area contributed by atoms with Gasteiger partial charge >= 0.3 is 0 Å². The zero-order valence-electron chi connectivity index (χ0n) is 11.3. The number of sulfone groups is 1. The number of halogens is 1. The minimum atomic E-state index is -3.19. The van der Waals surface area contributed by atoms with Crippen LogP contribution in [0.4, 0.5) is 10.1 Å². The minimum Gasteiger partial charge on any atom is -0.399 e. The summed E-state index contributed by atoms with van der Waals surface area (Å²) in [7, 11) is -3.19. The van der Waals surface area contributed by atoms with Gasteiger partial charge in [-0.3, -0.25) is 4.79 Å². The smallest absolute Gasteiger partial charge is 0.257 e. The number of carbonyl (C=O) groups is 1. The summed E-state index contributed by atoms with van der Waals surface area (Å²) in [5.41, 5.74) is 5.58. The molecule has 0 bridgehead atoms. The van der Waals surface area contributed by atoms with Gasteiger partial charge in [0.25, 0.3) is 5.91 Å². The van der Waals surface area contributed by atoms with Crippen molar-refractivity contribution in [2.24, 2.45) is 0 Å². The summed E-state index contributed by atoms with van der Waals surface area (Å²) in [5, 5.41) is 9.09. The number of hydrogen-bond donors (Lipinski definition) is 2. The zero-order valence-corrected chi connectivity index (χ0v) is 12.1. The zero-order chi connectivity index (χ0) is 15.6. The van der Waals surface area contributed by atoms with Crippen LogP contribution in [-0.4, -0.2) is 55.0 Å². The van der Waals surface area contributed by atoms with E-state index in [-0.39, 0.29) is 42.3 Å². The number of amides is 1. The highest BCUT2D eigenvalue weighted by Gasteiger charge is 2.35. The van der Waals surface area contributed by atoms with Crippen molar-refractivity contribution < 1.29 is 22.7 Å². The highest BCUT2D eigenvalue weighted by Crippen LogP contribution is 2.21. The van der Waals surface area contributed by atoms with Crippen molar-refractivity contribution in [2.45, 2.75) is 12.5 Å². The van der Waals surface area contributed by atoms with Gasteiger partial charge < -0.3 is 15.7 Å². The maximum absolute atomic E-state index is 13.8. The number of hydrogen-bond acceptors (Lipinski definition) is 5. The Morgan fingerprint density at radius 3 is 2.76 bits per heavy atom. The fourth-order valence-electron chi connectivity index (χ4n) is 2.44. The maximum Gasteiger partial charge on any atom is 0.257 e. The lowest BCUT2D eigenvalue weighted by Crippen LogP contribution is -2.43. The van der Waals surface area contributed by atoms with Crippen LogP contribution in [0.1, 0.15) is 16.8 Å². The van der Waals surface area contributed by atoms with Gasteiger partial charge in [0.2, 0.25) is 0 Å². The molecule has 0 saturated carbocycles. The monoisotopic (exact) mass is 316 g/mol. The normalized spacial score (nSPS) is 20.4. The summed E-state index contributed by atoms with van der Waals surface area (Å²) in [6.07, 6.45) is 0.290. The molecule has 1 aliphatic rings. The van der Waals surface area contributed by atoms with Crippen LogP contribution in [0.15, 0.2) is 18.2 Å². The van der Waals surface area contributed by atoms with E-state index in [2.05, 4.69) is 0 Å². The molecule has 0 spiro atoms. The molecule has 0 aliphatic carbocycles. The summed E-state index contributed by atoms with van der Waals surface area (Å²) in [6.45, 7) is -0.376. The number of nitrogens with two attached hydrogens (primary N) is 1. The number of anilines is 1. The Labute approximate surface area is 122 Å². The van der Waals surface area contributed by atoms with Gasteiger partial charge in [0.15, 0.2) is 9.84 Å². The van der Waals surface area contributed by atoms with E-state index in [9.17, 15) is 17.6 Å². The van der Waals surface area contributed by atoms with Gasteiger partial charge in [0.05, 0.1) is 23.7 Å². The van der Waals surface area contributed by atoms with Crippen LogP contribution in [0.5, 0.6) is 0 Å². The highest BCUT2D eigenvalue weighted by molar-refractivity contribution is 7.91. The molecule has 1 atom stereocenters. The van der Waals surface area contributed by atoms with E-state index in [1.807, 2.05) is 0 Å². The molecule has 8 heteroatoms. The molecule has 1 fully saturated rings. The van der Waals surface area contributed by atoms with Crippen molar-refractivity contribution in [1.29, 1.82) is 0 Å². The quantitative estimate of drug-likeness (QED) is 0.763. The molecule has 2 rings (SSSR count). The average molecular weight is 316 g/mol. The third kappa shape index (κ3) is 3.51. The Bertz CT molecular complexity index is 648. The molecule has 3 N–H and O–H groups in total. The van der Waals surface area contributed by atoms with E-state index in [0.717, 1.165) is 6.07 Å². The predicted octanol–water partition coefficient (Wildman–Crippen LogP) is 0.0295. The van der Waals surface area contributed by atoms with Crippen LogP contribution in [0, 0.1) is 5.82 Å². The van der Waals surface area contributed by atoms with Crippen LogP contribution in [0.25, 0.3) is 0 Å². The lowest BCUT2D eigenvalue weighted by molar-refractivity contribution is 0.0650. The standard InChI is InChI=1S/C13H17FN2O4S/c14-12-2-1-9(15)7-11(12)13(18)16(4-5-17)10-3-6-21(19,20)8-10/h1-2,7,10,17H,3-6,8,15H2. The largest absolute Gasteiger partial charge is 0.399 e. The molecular formula is C13H17FN2O4S. The van der Waals surface area contributed by atoms with E-state index in [4.69, 9.17) is 10.8 Å². The SMILES string of the molecule is Nc1ccc(F)c(C(=O)N(CCO)C2CCS(=O)(=O)C2)c1. The fraction of sp³-hybridized carbons (Fsp3) is 0.462. The van der Waals surface area contributed by atoms with E-state index in [1.54, 1.807) is 0 Å². The van der Waals surface area contributed by atoms with Gasteiger partial charge in [0, 0.05) is 18.3 Å². The number of carbonyl (C=O) groups excluding carboxylic acids is 1. The maximum atomic E-state index is 13.8. The molecule has 1 saturated heterocycles. The van der Waals surface area contributed by atoms with Crippen molar-refractivity contribution >= 4 is 21.4 Å². The fourth-order valence-corrected chi connectivity index (χ4v) is 4.17. The van der Waals surface area contributed by atoms with Gasteiger partial charge in [-0.25, -0.2) is 12.8 Å². The third-order valence-electron chi connectivity index (χ3n) is 3.47. The topological polar surface area (TPSA) is 101 Å². The van der Waals surface area contributed by atoms with Crippen LogP contribution >= 0.6 is 0 Å². The third-order valence-corrected chi connectivity index (χ3v) is 5.22. The lowest BCUT2D eigenvalue weighted by Gasteiger charge is -2.27. The first-order chi connectivity index (χ1) is 9.84. The van der Waals surface area contributed by atoms with Crippen LogP contribution < -0.4 is 5.73 Å². The second kappa shape index (κ2) is 5.98. The molecule has 1 aliphatic heterocycles. The second-order valence-corrected chi connectivity index (χ2v) is 7.25. The van der Waals surface area contributed by atoms with Crippen LogP contribution in [0.3, 0.4) is 0 Å². The van der Waals surface area contributed by atoms with Crippen LogP contribution in [0.2, 0.25) is 0 Å². The lowest BCUT2D eigenvalue weighted by atomic mass is 10.1. The molecule has 1 heterocycles. The molecule has 1 aromatic carbocycles. The Morgan fingerprint density at radius 2 is 2.19 bits per heavy atom. The average Bonchev–Trinajstić information content (AvgIpc) is 2.78. The summed E-state index contributed by atoms with van der Waals surface area (Å²) in [4.78, 5) is 13.6. The second-order valence-electron chi connectivity index (χ2n) is 5.02. The molecule has 116 valence electrons. The van der Waals surface area contributed by atoms with E-state index in [1.165, 1.54) is 17.0 Å². The Kier molecular flexibility index (Phi) is 4.48. The number of aliphatic hydroxyl groups excluding tert-OH is 1. The highest BCUT2D eigenvalue weighted by atomic mass is 32.2. The summed E-state index contributed by atoms with van der Waals surface area (Å²) >= 11 is 0. The summed E-state index contributed by atoms with van der Waals surface area (Å²) in [5.74, 6) is -1.55. The molecular weight excluding hydrogens is 299 g/mol. The minimum absolute atomic E-state index is 0.00765. The Balaban J connectivity index is 2.30. The van der Waals surface area contributed by atoms with E-state index < -0.39 is 27.6 Å². The first-order valence-electron chi connectivity index (χ1n) is 6.51. The first kappa shape index (κ1) is 15.7. The number of nitrogens with zero attached hydrogens (tertiary/aromatic N) is 1. The van der Waals surface area contributed by atoms with Crippen molar-refractivity contribution in [3.8, 4) is 0 Å². The molecule has 21 heavy (non-hydrogen) atoms. The number of rotatable bonds is 4. The van der Waals surface area contributed by atoms with Crippen LogP contribution in [-0.2, 0) is 9.84 Å². The van der Waals surface area contributed by atoms with Gasteiger partial charge in [-0.2, -0.15) is 0 Å². The van der Waals surface area contributed by atoms with E-state index >= 15 is 0 Å². The summed E-state index contributed by atoms with van der Waals surface area (Å²) < 4.78 is 36.8. The van der Waals surface area contributed by atoms with Crippen molar-refractivity contribution in [3.05, 3.63) is 29.6 Å². The van der Waals surface area contributed by atoms with Gasteiger partial charge in [-0.1, -0.05) is 0 Å². The molecule has 6 nitrogen and oxygen atoms in total. The number of benzene rings is 1. The molecule has 1 amide bonds. The Morgan fingerprint density at radius 1 is 1.48 bits per heavy atom. The van der Waals surface area contributed by atoms with Gasteiger partial charge in [-0.15, -0.1) is 0 Å². The summed E-state index contributed by atoms with van der Waals surface area (Å²) in [6, 6.07) is 3.09. The van der Waals surface area contributed by atoms with Gasteiger partial charge in [-0.05, 0) is 24.6 Å². The van der Waals surface area contributed by atoms with Gasteiger partial charge in [0.1, 0.15) is 5.82 Å². The van der Waals surface area contributed by atoms with Crippen molar-refractivity contribution in [3.63, 3.8) is 0 Å².